The van der Waals surface area contributed by atoms with Crippen molar-refractivity contribution in [2.45, 2.75) is 51.7 Å². The molecule has 2 aliphatic heterocycles. The van der Waals surface area contributed by atoms with Crippen LogP contribution >= 0.6 is 0 Å². The maximum atomic E-state index is 12.8. The molecule has 0 bridgehead atoms. The third kappa shape index (κ3) is 3.34. The van der Waals surface area contributed by atoms with Crippen molar-refractivity contribution in [1.82, 2.24) is 14.7 Å². The zero-order valence-corrected chi connectivity index (χ0v) is 15.4. The minimum Gasteiger partial charge on any atom is -0.381 e. The van der Waals surface area contributed by atoms with Crippen molar-refractivity contribution in [3.63, 3.8) is 0 Å². The number of carbonyl (C=O) groups excluding carboxylic acids is 1. The van der Waals surface area contributed by atoms with Gasteiger partial charge in [-0.15, -0.1) is 0 Å². The zero-order valence-electron chi connectivity index (χ0n) is 15.4. The molecular weight excluding hydrogens is 318 g/mol. The van der Waals surface area contributed by atoms with E-state index in [0.29, 0.717) is 31.2 Å². The lowest BCUT2D eigenvalue weighted by molar-refractivity contribution is -0.120. The minimum atomic E-state index is -0.134. The van der Waals surface area contributed by atoms with Crippen LogP contribution < -0.4 is 0 Å². The van der Waals surface area contributed by atoms with Gasteiger partial charge < -0.3 is 14.4 Å². The van der Waals surface area contributed by atoms with Crippen LogP contribution in [0, 0.1) is 18.8 Å². The van der Waals surface area contributed by atoms with Gasteiger partial charge in [0, 0.05) is 26.4 Å². The third-order valence-electron chi connectivity index (χ3n) is 5.89. The van der Waals surface area contributed by atoms with Gasteiger partial charge in [-0.05, 0) is 57.4 Å². The highest BCUT2D eigenvalue weighted by molar-refractivity contribution is 5.93. The summed E-state index contributed by atoms with van der Waals surface area (Å²) in [6.45, 7) is 8.61. The maximum Gasteiger partial charge on any atom is 0.272 e. The van der Waals surface area contributed by atoms with Crippen molar-refractivity contribution in [2.75, 3.05) is 32.9 Å². The molecule has 2 saturated heterocycles. The highest BCUT2D eigenvalue weighted by Crippen LogP contribution is 2.42. The van der Waals surface area contributed by atoms with Crippen molar-refractivity contribution >= 4 is 5.91 Å². The van der Waals surface area contributed by atoms with E-state index in [2.05, 4.69) is 5.10 Å². The van der Waals surface area contributed by atoms with E-state index in [0.717, 1.165) is 44.3 Å². The smallest absolute Gasteiger partial charge is 0.272 e. The topological polar surface area (TPSA) is 56.6 Å². The van der Waals surface area contributed by atoms with Gasteiger partial charge in [-0.25, -0.2) is 0 Å². The molecule has 1 aromatic heterocycles. The van der Waals surface area contributed by atoms with Gasteiger partial charge in [-0.3, -0.25) is 9.48 Å². The van der Waals surface area contributed by atoms with Crippen molar-refractivity contribution in [3.05, 3.63) is 17.5 Å². The van der Waals surface area contributed by atoms with Gasteiger partial charge >= 0.3 is 0 Å². The quantitative estimate of drug-likeness (QED) is 0.710. The van der Waals surface area contributed by atoms with E-state index in [9.17, 15) is 4.79 Å². The first-order valence-corrected chi connectivity index (χ1v) is 9.67. The van der Waals surface area contributed by atoms with Crippen molar-refractivity contribution < 1.29 is 14.3 Å². The van der Waals surface area contributed by atoms with E-state index < -0.39 is 0 Å². The molecule has 4 rings (SSSR count). The molecule has 1 atom stereocenters. The molecule has 138 valence electrons. The average Bonchev–Trinajstić information content (AvgIpc) is 3.16. The Bertz CT molecular complexity index is 632. The molecule has 0 N–H and O–H groups in total. The Balaban J connectivity index is 1.31. The summed E-state index contributed by atoms with van der Waals surface area (Å²) in [7, 11) is 0. The summed E-state index contributed by atoms with van der Waals surface area (Å²) in [5.41, 5.74) is 1.45. The predicted octanol–water partition coefficient (Wildman–Crippen LogP) is 2.26. The highest BCUT2D eigenvalue weighted by Gasteiger charge is 2.54. The Morgan fingerprint density at radius 1 is 1.40 bits per heavy atom. The number of likely N-dealkylation sites (tertiary alicyclic amines) is 1. The molecule has 0 aromatic carbocycles. The molecule has 3 aliphatic rings. The maximum absolute atomic E-state index is 12.8. The van der Waals surface area contributed by atoms with E-state index in [4.69, 9.17) is 9.47 Å². The monoisotopic (exact) mass is 347 g/mol. The van der Waals surface area contributed by atoms with Crippen LogP contribution in [0.15, 0.2) is 6.07 Å². The lowest BCUT2D eigenvalue weighted by Gasteiger charge is -2.50. The summed E-state index contributed by atoms with van der Waals surface area (Å²) in [6, 6.07) is 1.88. The van der Waals surface area contributed by atoms with Crippen molar-refractivity contribution in [2.24, 2.45) is 11.8 Å². The van der Waals surface area contributed by atoms with Crippen LogP contribution in [0.2, 0.25) is 0 Å². The predicted molar refractivity (Wildman–Crippen MR) is 93.5 cm³/mol. The van der Waals surface area contributed by atoms with Gasteiger partial charge in [0.25, 0.3) is 5.91 Å². The van der Waals surface area contributed by atoms with Gasteiger partial charge in [-0.1, -0.05) is 0 Å². The van der Waals surface area contributed by atoms with Crippen LogP contribution in [0.4, 0.5) is 0 Å². The third-order valence-corrected chi connectivity index (χ3v) is 5.89. The summed E-state index contributed by atoms with van der Waals surface area (Å²) in [4.78, 5) is 14.7. The van der Waals surface area contributed by atoms with Crippen LogP contribution in [0.5, 0.6) is 0 Å². The van der Waals surface area contributed by atoms with E-state index in [1.54, 1.807) is 4.68 Å². The van der Waals surface area contributed by atoms with E-state index in [1.165, 1.54) is 12.8 Å². The van der Waals surface area contributed by atoms with Gasteiger partial charge in [0.15, 0.2) is 0 Å². The Hall–Kier alpha value is -1.40. The molecule has 3 fully saturated rings. The second kappa shape index (κ2) is 6.72. The number of aromatic nitrogens is 2. The van der Waals surface area contributed by atoms with Gasteiger partial charge in [-0.2, -0.15) is 5.10 Å². The van der Waals surface area contributed by atoms with E-state index in [-0.39, 0.29) is 11.5 Å². The summed E-state index contributed by atoms with van der Waals surface area (Å²) in [6.07, 6.45) is 4.80. The summed E-state index contributed by atoms with van der Waals surface area (Å²) >= 11 is 0. The molecule has 1 amide bonds. The number of ether oxygens (including phenoxy) is 2. The molecule has 0 unspecified atom stereocenters. The van der Waals surface area contributed by atoms with Crippen LogP contribution in [-0.2, 0) is 16.0 Å². The first-order valence-electron chi connectivity index (χ1n) is 9.67. The standard InChI is InChI=1S/C19H29N3O3/c1-3-22-17(10-14(2)20-22)18(23)21-12-19(13-21)16(7-9-25-19)6-8-24-11-15-4-5-15/h10,15-16H,3-9,11-13H2,1-2H3/t16-/m1/s1. The Kier molecular flexibility index (Phi) is 4.58. The van der Waals surface area contributed by atoms with E-state index >= 15 is 0 Å². The second-order valence-corrected chi connectivity index (χ2v) is 7.85. The number of carbonyl (C=O) groups is 1. The fourth-order valence-electron chi connectivity index (χ4n) is 4.17. The van der Waals surface area contributed by atoms with Gasteiger partial charge in [0.1, 0.15) is 11.3 Å². The first-order chi connectivity index (χ1) is 12.1. The Morgan fingerprint density at radius 3 is 2.92 bits per heavy atom. The van der Waals surface area contributed by atoms with Crippen LogP contribution in [0.1, 0.15) is 48.8 Å². The van der Waals surface area contributed by atoms with Crippen molar-refractivity contribution in [3.8, 4) is 0 Å². The molecule has 1 spiro atoms. The fourth-order valence-corrected chi connectivity index (χ4v) is 4.17. The molecule has 25 heavy (non-hydrogen) atoms. The van der Waals surface area contributed by atoms with Crippen LogP contribution in [-0.4, -0.2) is 59.1 Å². The first kappa shape index (κ1) is 17.0. The van der Waals surface area contributed by atoms with Crippen molar-refractivity contribution in [1.29, 1.82) is 0 Å². The summed E-state index contributed by atoms with van der Waals surface area (Å²) in [5, 5.41) is 4.39. The zero-order chi connectivity index (χ0) is 17.4. The highest BCUT2D eigenvalue weighted by atomic mass is 16.5. The normalized spacial score (nSPS) is 24.7. The summed E-state index contributed by atoms with van der Waals surface area (Å²) < 4.78 is 13.7. The minimum absolute atomic E-state index is 0.0762. The Morgan fingerprint density at radius 2 is 2.20 bits per heavy atom. The lowest BCUT2D eigenvalue weighted by atomic mass is 9.79. The van der Waals surface area contributed by atoms with Crippen LogP contribution in [0.3, 0.4) is 0 Å². The number of rotatable bonds is 7. The SMILES string of the molecule is CCn1nc(C)cc1C(=O)N1CC2(C1)OCC[C@H]2CCOCC1CC1. The molecule has 1 saturated carbocycles. The molecule has 6 heteroatoms. The molecule has 1 aliphatic carbocycles. The number of amides is 1. The largest absolute Gasteiger partial charge is 0.381 e. The summed E-state index contributed by atoms with van der Waals surface area (Å²) in [5.74, 6) is 1.40. The second-order valence-electron chi connectivity index (χ2n) is 7.85. The van der Waals surface area contributed by atoms with E-state index in [1.807, 2.05) is 24.8 Å². The molecule has 1 aromatic rings. The van der Waals surface area contributed by atoms with Crippen LogP contribution in [0.25, 0.3) is 0 Å². The molecule has 6 nitrogen and oxygen atoms in total. The number of hydrogen-bond donors (Lipinski definition) is 0. The molecular formula is C19H29N3O3. The lowest BCUT2D eigenvalue weighted by Crippen LogP contribution is -2.66. The van der Waals surface area contributed by atoms with Gasteiger partial charge in [0.05, 0.1) is 18.8 Å². The number of hydrogen-bond acceptors (Lipinski definition) is 4. The number of aryl methyl sites for hydroxylation is 2. The fraction of sp³-hybridized carbons (Fsp3) is 0.789. The number of nitrogens with zero attached hydrogens (tertiary/aromatic N) is 3. The molecule has 0 radical (unpaired) electrons. The van der Waals surface area contributed by atoms with Gasteiger partial charge in [0.2, 0.25) is 0 Å². The Labute approximate surface area is 149 Å². The molecule has 3 heterocycles. The average molecular weight is 347 g/mol.